The van der Waals surface area contributed by atoms with E-state index in [-0.39, 0.29) is 12.5 Å². The Kier molecular flexibility index (Phi) is 4.75. The number of amides is 1. The molecule has 1 saturated carbocycles. The van der Waals surface area contributed by atoms with Crippen LogP contribution in [-0.2, 0) is 9.53 Å². The molecular formula is C10H19NO2S. The molecule has 0 saturated heterocycles. The third-order valence-corrected chi connectivity index (χ3v) is 4.16. The minimum Gasteiger partial charge on any atom is -0.372 e. The molecule has 0 unspecified atom stereocenters. The number of ether oxygens (including phenoxy) is 1. The van der Waals surface area contributed by atoms with E-state index in [2.05, 4.69) is 11.6 Å². The highest BCUT2D eigenvalue weighted by molar-refractivity contribution is 8.00. The van der Waals surface area contributed by atoms with E-state index in [4.69, 9.17) is 4.74 Å². The summed E-state index contributed by atoms with van der Waals surface area (Å²) in [6, 6.07) is 0. The molecule has 1 aliphatic carbocycles. The van der Waals surface area contributed by atoms with E-state index in [0.29, 0.717) is 11.4 Å². The Morgan fingerprint density at radius 2 is 2.29 bits per heavy atom. The van der Waals surface area contributed by atoms with Crippen LogP contribution in [0.5, 0.6) is 0 Å². The summed E-state index contributed by atoms with van der Waals surface area (Å²) in [5, 5.41) is 2.93. The van der Waals surface area contributed by atoms with E-state index in [1.807, 2.05) is 18.7 Å². The maximum atomic E-state index is 11.3. The van der Waals surface area contributed by atoms with Gasteiger partial charge in [0.15, 0.2) is 0 Å². The molecule has 0 radical (unpaired) electrons. The van der Waals surface area contributed by atoms with Crippen LogP contribution in [0.25, 0.3) is 0 Å². The van der Waals surface area contributed by atoms with Crippen LogP contribution in [0.4, 0.5) is 0 Å². The topological polar surface area (TPSA) is 38.3 Å². The Morgan fingerprint density at radius 1 is 1.57 bits per heavy atom. The molecule has 0 atom stereocenters. The molecule has 0 aliphatic heterocycles. The number of rotatable bonds is 6. The summed E-state index contributed by atoms with van der Waals surface area (Å²) in [5.41, 5.74) is 0. The van der Waals surface area contributed by atoms with E-state index in [1.54, 1.807) is 0 Å². The first-order valence-electron chi connectivity index (χ1n) is 5.12. The zero-order chi connectivity index (χ0) is 10.4. The first-order chi connectivity index (χ1) is 6.72. The van der Waals surface area contributed by atoms with Gasteiger partial charge in [-0.25, -0.2) is 0 Å². The van der Waals surface area contributed by atoms with Gasteiger partial charge in [-0.3, -0.25) is 4.79 Å². The van der Waals surface area contributed by atoms with Crippen molar-refractivity contribution in [1.82, 2.24) is 5.32 Å². The molecule has 0 bridgehead atoms. The van der Waals surface area contributed by atoms with Gasteiger partial charge in [0, 0.05) is 17.9 Å². The zero-order valence-electron chi connectivity index (χ0n) is 8.97. The maximum absolute atomic E-state index is 11.3. The SMILES string of the molecule is CCOCC(=O)NCC1(SC)CCC1. The zero-order valence-corrected chi connectivity index (χ0v) is 9.78. The second-order valence-electron chi connectivity index (χ2n) is 3.65. The average Bonchev–Trinajstić information content (AvgIpc) is 2.14. The lowest BCUT2D eigenvalue weighted by molar-refractivity contribution is -0.125. The van der Waals surface area contributed by atoms with Crippen molar-refractivity contribution in [1.29, 1.82) is 0 Å². The van der Waals surface area contributed by atoms with Gasteiger partial charge in [0.25, 0.3) is 0 Å². The highest BCUT2D eigenvalue weighted by Gasteiger charge is 2.36. The quantitative estimate of drug-likeness (QED) is 0.731. The normalized spacial score (nSPS) is 18.7. The molecule has 1 fully saturated rings. The molecule has 0 spiro atoms. The highest BCUT2D eigenvalue weighted by Crippen LogP contribution is 2.42. The molecule has 82 valence electrons. The molecule has 1 amide bonds. The van der Waals surface area contributed by atoms with Crippen molar-refractivity contribution in [3.05, 3.63) is 0 Å². The summed E-state index contributed by atoms with van der Waals surface area (Å²) in [4.78, 5) is 11.3. The summed E-state index contributed by atoms with van der Waals surface area (Å²) in [6.45, 7) is 3.48. The molecule has 1 N–H and O–H groups in total. The van der Waals surface area contributed by atoms with Crippen molar-refractivity contribution in [2.45, 2.75) is 30.9 Å². The predicted molar refractivity (Wildman–Crippen MR) is 59.6 cm³/mol. The number of nitrogens with one attached hydrogen (secondary N) is 1. The van der Waals surface area contributed by atoms with E-state index in [9.17, 15) is 4.79 Å². The summed E-state index contributed by atoms with van der Waals surface area (Å²) < 4.78 is 5.35. The molecule has 14 heavy (non-hydrogen) atoms. The van der Waals surface area contributed by atoms with Gasteiger partial charge in [0.05, 0.1) is 0 Å². The standard InChI is InChI=1S/C10H19NO2S/c1-3-13-7-9(12)11-8-10(14-2)5-4-6-10/h3-8H2,1-2H3,(H,11,12). The van der Waals surface area contributed by atoms with Crippen molar-refractivity contribution in [3.8, 4) is 0 Å². The molecule has 4 heteroatoms. The second kappa shape index (κ2) is 5.61. The summed E-state index contributed by atoms with van der Waals surface area (Å²) in [7, 11) is 0. The fraction of sp³-hybridized carbons (Fsp3) is 0.900. The average molecular weight is 217 g/mol. The van der Waals surface area contributed by atoms with E-state index in [1.165, 1.54) is 19.3 Å². The number of hydrogen-bond donors (Lipinski definition) is 1. The van der Waals surface area contributed by atoms with Crippen molar-refractivity contribution >= 4 is 17.7 Å². The second-order valence-corrected chi connectivity index (χ2v) is 4.93. The Morgan fingerprint density at radius 3 is 2.71 bits per heavy atom. The van der Waals surface area contributed by atoms with Crippen LogP contribution in [0.15, 0.2) is 0 Å². The number of hydrogen-bond acceptors (Lipinski definition) is 3. The largest absolute Gasteiger partial charge is 0.372 e. The number of carbonyl (C=O) groups is 1. The molecular weight excluding hydrogens is 198 g/mol. The minimum absolute atomic E-state index is 0.00664. The molecule has 1 rings (SSSR count). The van der Waals surface area contributed by atoms with Crippen molar-refractivity contribution in [2.24, 2.45) is 0 Å². The van der Waals surface area contributed by atoms with E-state index in [0.717, 1.165) is 6.54 Å². The molecule has 1 aliphatic rings. The lowest BCUT2D eigenvalue weighted by Gasteiger charge is -2.40. The smallest absolute Gasteiger partial charge is 0.246 e. The van der Waals surface area contributed by atoms with Crippen LogP contribution in [-0.4, -0.2) is 36.7 Å². The third kappa shape index (κ3) is 3.17. The van der Waals surface area contributed by atoms with Gasteiger partial charge in [-0.05, 0) is 26.0 Å². The van der Waals surface area contributed by atoms with Gasteiger partial charge >= 0.3 is 0 Å². The fourth-order valence-corrected chi connectivity index (χ4v) is 2.44. The van der Waals surface area contributed by atoms with Crippen LogP contribution >= 0.6 is 11.8 Å². The summed E-state index contributed by atoms with van der Waals surface area (Å²) >= 11 is 1.87. The lowest BCUT2D eigenvalue weighted by atomic mass is 9.84. The molecule has 0 aromatic carbocycles. The van der Waals surface area contributed by atoms with Crippen LogP contribution in [0, 0.1) is 0 Å². The minimum atomic E-state index is 0.00664. The first kappa shape index (κ1) is 11.9. The Balaban J connectivity index is 2.15. The van der Waals surface area contributed by atoms with Gasteiger partial charge in [-0.2, -0.15) is 11.8 Å². The lowest BCUT2D eigenvalue weighted by Crippen LogP contribution is -2.46. The van der Waals surface area contributed by atoms with Crippen LogP contribution in [0.2, 0.25) is 0 Å². The maximum Gasteiger partial charge on any atom is 0.246 e. The van der Waals surface area contributed by atoms with Gasteiger partial charge in [-0.1, -0.05) is 6.42 Å². The molecule has 0 heterocycles. The van der Waals surface area contributed by atoms with Crippen LogP contribution in [0.3, 0.4) is 0 Å². The highest BCUT2D eigenvalue weighted by atomic mass is 32.2. The third-order valence-electron chi connectivity index (χ3n) is 2.74. The summed E-state index contributed by atoms with van der Waals surface area (Å²) in [5.74, 6) is 0.00664. The van der Waals surface area contributed by atoms with Crippen LogP contribution in [0.1, 0.15) is 26.2 Å². The Bertz CT molecular complexity index is 187. The molecule has 0 aromatic heterocycles. The van der Waals surface area contributed by atoms with Gasteiger partial charge in [0.1, 0.15) is 6.61 Å². The Labute approximate surface area is 90.0 Å². The molecule has 3 nitrogen and oxygen atoms in total. The van der Waals surface area contributed by atoms with Crippen LogP contribution < -0.4 is 5.32 Å². The van der Waals surface area contributed by atoms with Crippen molar-refractivity contribution in [2.75, 3.05) is 26.0 Å². The Hall–Kier alpha value is -0.220. The van der Waals surface area contributed by atoms with Gasteiger partial charge in [-0.15, -0.1) is 0 Å². The van der Waals surface area contributed by atoms with E-state index < -0.39 is 0 Å². The number of carbonyl (C=O) groups excluding carboxylic acids is 1. The van der Waals surface area contributed by atoms with Crippen molar-refractivity contribution in [3.63, 3.8) is 0 Å². The monoisotopic (exact) mass is 217 g/mol. The van der Waals surface area contributed by atoms with Crippen molar-refractivity contribution < 1.29 is 9.53 Å². The first-order valence-corrected chi connectivity index (χ1v) is 6.34. The van der Waals surface area contributed by atoms with Gasteiger partial charge in [0.2, 0.25) is 5.91 Å². The molecule has 0 aromatic rings. The predicted octanol–water partition coefficient (Wildman–Crippen LogP) is 1.42. The fourth-order valence-electron chi connectivity index (χ4n) is 1.53. The van der Waals surface area contributed by atoms with Gasteiger partial charge < -0.3 is 10.1 Å². The summed E-state index contributed by atoms with van der Waals surface area (Å²) in [6.07, 6.45) is 5.86. The number of thioether (sulfide) groups is 1. The van der Waals surface area contributed by atoms with E-state index >= 15 is 0 Å².